The van der Waals surface area contributed by atoms with Crippen LogP contribution in [0.15, 0.2) is 12.1 Å². The Morgan fingerprint density at radius 3 is 2.50 bits per heavy atom. The monoisotopic (exact) mass is 308 g/mol. The minimum absolute atomic E-state index is 0.287. The molecular weight excluding hydrogens is 288 g/mol. The fraction of sp³-hybridized carbons (Fsp3) is 0.533. The molecule has 3 rings (SSSR count). The predicted molar refractivity (Wildman–Crippen MR) is 78.8 cm³/mol. The van der Waals surface area contributed by atoms with E-state index in [0.717, 1.165) is 22.2 Å². The zero-order valence-electron chi connectivity index (χ0n) is 12.7. The van der Waals surface area contributed by atoms with Crippen LogP contribution in [0.5, 0.6) is 6.01 Å². The molecule has 0 spiro atoms. The Labute approximate surface area is 127 Å². The summed E-state index contributed by atoms with van der Waals surface area (Å²) in [6.45, 7) is 3.60. The fourth-order valence-electron chi connectivity index (χ4n) is 2.81. The highest BCUT2D eigenvalue weighted by Gasteiger charge is 2.44. The number of aromatic nitrogens is 2. The first-order valence-electron chi connectivity index (χ1n) is 7.13. The molecule has 1 saturated heterocycles. The number of fused-ring (bicyclic) bond motifs is 1. The predicted octanol–water partition coefficient (Wildman–Crippen LogP) is 0.273. The van der Waals surface area contributed by atoms with Crippen LogP contribution in [0, 0.1) is 13.8 Å². The van der Waals surface area contributed by atoms with Crippen LogP contribution < -0.4 is 4.74 Å². The summed E-state index contributed by atoms with van der Waals surface area (Å²) in [7, 11) is 1.48. The van der Waals surface area contributed by atoms with E-state index < -0.39 is 24.5 Å². The Morgan fingerprint density at radius 1 is 1.23 bits per heavy atom. The van der Waals surface area contributed by atoms with Crippen molar-refractivity contribution in [2.45, 2.75) is 38.4 Å². The molecule has 0 amide bonds. The number of benzene rings is 1. The molecule has 2 aromatic rings. The van der Waals surface area contributed by atoms with Gasteiger partial charge in [-0.15, -0.1) is 0 Å². The first-order valence-corrected chi connectivity index (χ1v) is 7.13. The molecule has 4 unspecified atom stereocenters. The molecule has 0 radical (unpaired) electrons. The average Bonchev–Trinajstić information content (AvgIpc) is 2.98. The lowest BCUT2D eigenvalue weighted by atomic mass is 10.1. The zero-order chi connectivity index (χ0) is 16.0. The van der Waals surface area contributed by atoms with Crippen LogP contribution >= 0.6 is 0 Å². The number of ether oxygens (including phenoxy) is 2. The van der Waals surface area contributed by atoms with Crippen molar-refractivity contribution in [3.63, 3.8) is 0 Å². The molecule has 120 valence electrons. The first kappa shape index (κ1) is 15.2. The van der Waals surface area contributed by atoms with E-state index in [1.165, 1.54) is 7.11 Å². The SMILES string of the molecule is COc1nc2cc(C)c(C)cc2n1C1OC(CO)C(O)C1O. The minimum atomic E-state index is -1.18. The van der Waals surface area contributed by atoms with Crippen LogP contribution in [0.4, 0.5) is 0 Å². The quantitative estimate of drug-likeness (QED) is 0.753. The number of imidazole rings is 1. The van der Waals surface area contributed by atoms with Crippen LogP contribution in [0.25, 0.3) is 11.0 Å². The maximum absolute atomic E-state index is 10.2. The summed E-state index contributed by atoms with van der Waals surface area (Å²) in [5.74, 6) is 0. The zero-order valence-corrected chi connectivity index (χ0v) is 12.7. The molecule has 7 heteroatoms. The van der Waals surface area contributed by atoms with Crippen LogP contribution in [0.3, 0.4) is 0 Å². The second kappa shape index (κ2) is 5.51. The molecule has 2 heterocycles. The normalized spacial score (nSPS) is 28.5. The van der Waals surface area contributed by atoms with Gasteiger partial charge in [-0.1, -0.05) is 0 Å². The van der Waals surface area contributed by atoms with E-state index in [2.05, 4.69) is 4.98 Å². The standard InChI is InChI=1S/C15H20N2O5/c1-7-4-9-10(5-8(7)2)17(15(16-9)21-3)14-13(20)12(19)11(6-18)22-14/h4-5,11-14,18-20H,6H2,1-3H3. The number of hydrogen-bond donors (Lipinski definition) is 3. The summed E-state index contributed by atoms with van der Waals surface area (Å²) in [6, 6.07) is 4.16. The molecule has 4 atom stereocenters. The molecule has 0 aliphatic carbocycles. The van der Waals surface area contributed by atoms with Gasteiger partial charge in [0.15, 0.2) is 6.23 Å². The first-order chi connectivity index (χ1) is 10.5. The van der Waals surface area contributed by atoms with Gasteiger partial charge in [-0.25, -0.2) is 0 Å². The van der Waals surface area contributed by atoms with Gasteiger partial charge < -0.3 is 24.8 Å². The second-order valence-electron chi connectivity index (χ2n) is 5.62. The molecule has 1 aliphatic heterocycles. The van der Waals surface area contributed by atoms with Gasteiger partial charge in [-0.2, -0.15) is 4.98 Å². The van der Waals surface area contributed by atoms with Gasteiger partial charge in [0.05, 0.1) is 24.8 Å². The number of methoxy groups -OCH3 is 1. The van der Waals surface area contributed by atoms with Crippen molar-refractivity contribution in [1.82, 2.24) is 9.55 Å². The lowest BCUT2D eigenvalue weighted by molar-refractivity contribution is -0.0535. The summed E-state index contributed by atoms with van der Waals surface area (Å²) in [5, 5.41) is 29.4. The highest BCUT2D eigenvalue weighted by Crippen LogP contribution is 2.36. The Bertz CT molecular complexity index is 699. The Morgan fingerprint density at radius 2 is 1.91 bits per heavy atom. The number of aliphatic hydroxyl groups excluding tert-OH is 3. The minimum Gasteiger partial charge on any atom is -0.468 e. The van der Waals surface area contributed by atoms with E-state index in [1.807, 2.05) is 26.0 Å². The van der Waals surface area contributed by atoms with Gasteiger partial charge in [0.25, 0.3) is 6.01 Å². The third-order valence-electron chi connectivity index (χ3n) is 4.23. The Balaban J connectivity index is 2.15. The maximum Gasteiger partial charge on any atom is 0.299 e. The van der Waals surface area contributed by atoms with Gasteiger partial charge in [0, 0.05) is 0 Å². The second-order valence-corrected chi connectivity index (χ2v) is 5.62. The fourth-order valence-corrected chi connectivity index (χ4v) is 2.81. The number of aliphatic hydroxyl groups is 3. The molecule has 0 saturated carbocycles. The van der Waals surface area contributed by atoms with E-state index in [1.54, 1.807) is 4.57 Å². The van der Waals surface area contributed by atoms with Crippen molar-refractivity contribution in [1.29, 1.82) is 0 Å². The lowest BCUT2D eigenvalue weighted by Gasteiger charge is -2.19. The van der Waals surface area contributed by atoms with Crippen molar-refractivity contribution in [2.24, 2.45) is 0 Å². The Hall–Kier alpha value is -1.67. The third-order valence-corrected chi connectivity index (χ3v) is 4.23. The van der Waals surface area contributed by atoms with E-state index in [4.69, 9.17) is 9.47 Å². The van der Waals surface area contributed by atoms with Gasteiger partial charge in [0.2, 0.25) is 0 Å². The summed E-state index contributed by atoms with van der Waals surface area (Å²) < 4.78 is 12.5. The van der Waals surface area contributed by atoms with E-state index in [-0.39, 0.29) is 12.6 Å². The average molecular weight is 308 g/mol. The topological polar surface area (TPSA) is 97.0 Å². The van der Waals surface area contributed by atoms with Crippen LogP contribution in [0.1, 0.15) is 17.4 Å². The number of hydrogen-bond acceptors (Lipinski definition) is 6. The summed E-state index contributed by atoms with van der Waals surface area (Å²) in [6.07, 6.45) is -4.04. The molecule has 1 aromatic heterocycles. The summed E-state index contributed by atoms with van der Waals surface area (Å²) >= 11 is 0. The van der Waals surface area contributed by atoms with Crippen LogP contribution in [0.2, 0.25) is 0 Å². The summed E-state index contributed by atoms with van der Waals surface area (Å²) in [4.78, 5) is 4.39. The number of rotatable bonds is 3. The van der Waals surface area contributed by atoms with Gasteiger partial charge in [-0.05, 0) is 37.1 Å². The largest absolute Gasteiger partial charge is 0.468 e. The molecular formula is C15H20N2O5. The van der Waals surface area contributed by atoms with Crippen molar-refractivity contribution < 1.29 is 24.8 Å². The third kappa shape index (κ3) is 2.17. The molecule has 0 bridgehead atoms. The van der Waals surface area contributed by atoms with Crippen LogP contribution in [-0.4, -0.2) is 56.9 Å². The molecule has 7 nitrogen and oxygen atoms in total. The van der Waals surface area contributed by atoms with Gasteiger partial charge in [0.1, 0.15) is 18.3 Å². The van der Waals surface area contributed by atoms with E-state index in [0.29, 0.717) is 0 Å². The number of aryl methyl sites for hydroxylation is 2. The van der Waals surface area contributed by atoms with Crippen LogP contribution in [-0.2, 0) is 4.74 Å². The van der Waals surface area contributed by atoms with Gasteiger partial charge >= 0.3 is 0 Å². The van der Waals surface area contributed by atoms with Gasteiger partial charge in [-0.3, -0.25) is 4.57 Å². The van der Waals surface area contributed by atoms with E-state index >= 15 is 0 Å². The van der Waals surface area contributed by atoms with Crippen molar-refractivity contribution in [3.05, 3.63) is 23.3 Å². The van der Waals surface area contributed by atoms with Crippen molar-refractivity contribution in [2.75, 3.05) is 13.7 Å². The molecule has 1 aliphatic rings. The molecule has 22 heavy (non-hydrogen) atoms. The lowest BCUT2D eigenvalue weighted by Crippen LogP contribution is -2.33. The maximum atomic E-state index is 10.2. The Kier molecular flexibility index (Phi) is 3.82. The van der Waals surface area contributed by atoms with Crippen molar-refractivity contribution in [3.8, 4) is 6.01 Å². The molecule has 1 fully saturated rings. The highest BCUT2D eigenvalue weighted by atomic mass is 16.6. The smallest absolute Gasteiger partial charge is 0.299 e. The van der Waals surface area contributed by atoms with E-state index in [9.17, 15) is 15.3 Å². The highest BCUT2D eigenvalue weighted by molar-refractivity contribution is 5.79. The number of nitrogens with zero attached hydrogens (tertiary/aromatic N) is 2. The molecule has 3 N–H and O–H groups in total. The van der Waals surface area contributed by atoms with Crippen molar-refractivity contribution >= 4 is 11.0 Å². The molecule has 1 aromatic carbocycles. The summed E-state index contributed by atoms with van der Waals surface area (Å²) in [5.41, 5.74) is 3.64.